The van der Waals surface area contributed by atoms with Crippen LogP contribution in [0.3, 0.4) is 0 Å². The van der Waals surface area contributed by atoms with Gasteiger partial charge in [0.05, 0.1) is 17.1 Å². The number of nitrogens with zero attached hydrogens (tertiary/aromatic N) is 2. The molecule has 0 heterocycles. The molecule has 116 valence electrons. The molecule has 0 radical (unpaired) electrons. The summed E-state index contributed by atoms with van der Waals surface area (Å²) in [5.74, 6) is 0.105. The maximum absolute atomic E-state index is 12.0. The van der Waals surface area contributed by atoms with Crippen molar-refractivity contribution < 1.29 is 8.42 Å². The smallest absolute Gasteiger partial charge is 0.232 e. The van der Waals surface area contributed by atoms with Gasteiger partial charge in [-0.1, -0.05) is 43.7 Å². The minimum Gasteiger partial charge on any atom is -0.281 e. The highest BCUT2D eigenvalue weighted by atomic mass is 32.2. The van der Waals surface area contributed by atoms with Gasteiger partial charge in [0.1, 0.15) is 5.69 Å². The molecule has 2 aromatic carbocycles. The molecule has 2 aromatic rings. The van der Waals surface area contributed by atoms with Gasteiger partial charge >= 0.3 is 0 Å². The Bertz CT molecular complexity index is 728. The molecule has 0 saturated heterocycles. The highest BCUT2D eigenvalue weighted by Crippen LogP contribution is 2.27. The zero-order valence-corrected chi connectivity index (χ0v) is 13.3. The van der Waals surface area contributed by atoms with Crippen molar-refractivity contribution in [2.24, 2.45) is 10.2 Å². The quantitative estimate of drug-likeness (QED) is 0.755. The average molecular weight is 317 g/mol. The van der Waals surface area contributed by atoms with Crippen LogP contribution in [-0.2, 0) is 10.0 Å². The third-order valence-corrected chi connectivity index (χ3v) is 4.32. The van der Waals surface area contributed by atoms with Gasteiger partial charge in [0, 0.05) is 0 Å². The van der Waals surface area contributed by atoms with Gasteiger partial charge in [-0.15, -0.1) is 5.11 Å². The van der Waals surface area contributed by atoms with Crippen LogP contribution >= 0.6 is 0 Å². The lowest BCUT2D eigenvalue weighted by Gasteiger charge is -2.09. The van der Waals surface area contributed by atoms with Crippen LogP contribution in [0, 0.1) is 0 Å². The molecule has 0 amide bonds. The fraction of sp³-hybridized carbons (Fsp3) is 0.250. The molecule has 0 atom stereocenters. The van der Waals surface area contributed by atoms with Gasteiger partial charge < -0.3 is 0 Å². The number of nitrogens with one attached hydrogen (secondary N) is 1. The van der Waals surface area contributed by atoms with E-state index in [-0.39, 0.29) is 5.75 Å². The molecule has 0 aliphatic heterocycles. The van der Waals surface area contributed by atoms with E-state index >= 15 is 0 Å². The summed E-state index contributed by atoms with van der Waals surface area (Å²) in [4.78, 5) is 0. The molecular formula is C16H19N3O2S. The standard InChI is InChI=1S/C16H19N3O2S/c1-2-3-13-22(20,21)19-16-12-8-7-11-15(16)18-17-14-9-5-4-6-10-14/h4-12,19H,2-3,13H2,1H3. The van der Waals surface area contributed by atoms with Crippen molar-refractivity contribution in [2.45, 2.75) is 19.8 Å². The van der Waals surface area contributed by atoms with Crippen LogP contribution in [0.5, 0.6) is 0 Å². The van der Waals surface area contributed by atoms with E-state index in [1.165, 1.54) is 0 Å². The van der Waals surface area contributed by atoms with Crippen molar-refractivity contribution in [1.82, 2.24) is 0 Å². The first-order chi connectivity index (χ1) is 10.6. The molecule has 22 heavy (non-hydrogen) atoms. The molecule has 5 nitrogen and oxygen atoms in total. The van der Waals surface area contributed by atoms with E-state index in [1.54, 1.807) is 24.3 Å². The van der Waals surface area contributed by atoms with Crippen molar-refractivity contribution in [1.29, 1.82) is 0 Å². The summed E-state index contributed by atoms with van der Waals surface area (Å²) in [6.07, 6.45) is 1.46. The number of hydrogen-bond donors (Lipinski definition) is 1. The van der Waals surface area contributed by atoms with Crippen LogP contribution in [0.25, 0.3) is 0 Å². The summed E-state index contributed by atoms with van der Waals surface area (Å²) in [6.45, 7) is 1.96. The van der Waals surface area contributed by atoms with Gasteiger partial charge in [0.25, 0.3) is 0 Å². The Morgan fingerprint density at radius 3 is 2.36 bits per heavy atom. The number of unbranched alkanes of at least 4 members (excludes halogenated alkanes) is 1. The van der Waals surface area contributed by atoms with Crippen LogP contribution in [0.1, 0.15) is 19.8 Å². The summed E-state index contributed by atoms with van der Waals surface area (Å²) in [5.41, 5.74) is 1.65. The molecular weight excluding hydrogens is 298 g/mol. The largest absolute Gasteiger partial charge is 0.281 e. The third kappa shape index (κ3) is 4.96. The minimum absolute atomic E-state index is 0.105. The fourth-order valence-corrected chi connectivity index (χ4v) is 3.08. The fourth-order valence-electron chi connectivity index (χ4n) is 1.81. The second-order valence-electron chi connectivity index (χ2n) is 4.83. The number of benzene rings is 2. The molecule has 2 rings (SSSR count). The van der Waals surface area contributed by atoms with Crippen molar-refractivity contribution >= 4 is 27.1 Å². The van der Waals surface area contributed by atoms with Gasteiger partial charge in [-0.05, 0) is 30.7 Å². The van der Waals surface area contributed by atoms with Crippen LogP contribution in [0.15, 0.2) is 64.8 Å². The Balaban J connectivity index is 2.18. The predicted molar refractivity (Wildman–Crippen MR) is 89.4 cm³/mol. The lowest BCUT2D eigenvalue weighted by atomic mass is 10.3. The van der Waals surface area contributed by atoms with Crippen LogP contribution in [-0.4, -0.2) is 14.2 Å². The van der Waals surface area contributed by atoms with Gasteiger partial charge in [-0.3, -0.25) is 4.72 Å². The van der Waals surface area contributed by atoms with Gasteiger partial charge in [0.15, 0.2) is 0 Å². The Hall–Kier alpha value is -2.21. The Morgan fingerprint density at radius 1 is 0.955 bits per heavy atom. The summed E-state index contributed by atoms with van der Waals surface area (Å²) in [7, 11) is -3.35. The summed E-state index contributed by atoms with van der Waals surface area (Å²) < 4.78 is 26.6. The summed E-state index contributed by atoms with van der Waals surface area (Å²) in [6, 6.07) is 16.3. The number of rotatable bonds is 7. The highest BCUT2D eigenvalue weighted by Gasteiger charge is 2.11. The van der Waals surface area contributed by atoms with Crippen LogP contribution in [0.4, 0.5) is 17.1 Å². The average Bonchev–Trinajstić information content (AvgIpc) is 2.53. The van der Waals surface area contributed by atoms with Gasteiger partial charge in [-0.2, -0.15) is 5.11 Å². The van der Waals surface area contributed by atoms with E-state index in [1.807, 2.05) is 37.3 Å². The first kappa shape index (κ1) is 16.2. The van der Waals surface area contributed by atoms with Crippen molar-refractivity contribution in [2.75, 3.05) is 10.5 Å². The predicted octanol–water partition coefficient (Wildman–Crippen LogP) is 4.64. The van der Waals surface area contributed by atoms with Crippen molar-refractivity contribution in [3.63, 3.8) is 0 Å². The van der Waals surface area contributed by atoms with E-state index in [9.17, 15) is 8.42 Å². The number of anilines is 1. The van der Waals surface area contributed by atoms with Crippen LogP contribution < -0.4 is 4.72 Å². The molecule has 0 aliphatic carbocycles. The summed E-state index contributed by atoms with van der Waals surface area (Å²) in [5, 5.41) is 8.26. The maximum atomic E-state index is 12.0. The zero-order valence-electron chi connectivity index (χ0n) is 12.4. The SMILES string of the molecule is CCCCS(=O)(=O)Nc1ccccc1N=Nc1ccccc1. The second kappa shape index (κ2) is 7.70. The van der Waals surface area contributed by atoms with E-state index in [0.717, 1.165) is 6.42 Å². The molecule has 0 saturated carbocycles. The third-order valence-electron chi connectivity index (χ3n) is 2.97. The molecule has 0 spiro atoms. The molecule has 1 N–H and O–H groups in total. The molecule has 0 bridgehead atoms. The molecule has 0 aliphatic rings. The topological polar surface area (TPSA) is 70.9 Å². The van der Waals surface area contributed by atoms with E-state index in [4.69, 9.17) is 0 Å². The number of para-hydroxylation sites is 1. The molecule has 0 aromatic heterocycles. The van der Waals surface area contributed by atoms with Crippen molar-refractivity contribution in [3.05, 3.63) is 54.6 Å². The minimum atomic E-state index is -3.35. The van der Waals surface area contributed by atoms with Crippen LogP contribution in [0.2, 0.25) is 0 Å². The highest BCUT2D eigenvalue weighted by molar-refractivity contribution is 7.92. The normalized spacial score (nSPS) is 11.7. The van der Waals surface area contributed by atoms with Gasteiger partial charge in [0.2, 0.25) is 10.0 Å². The summed E-state index contributed by atoms with van der Waals surface area (Å²) >= 11 is 0. The van der Waals surface area contributed by atoms with E-state index in [2.05, 4.69) is 15.0 Å². The number of azo groups is 1. The molecule has 0 unspecified atom stereocenters. The first-order valence-electron chi connectivity index (χ1n) is 7.17. The number of hydrogen-bond acceptors (Lipinski definition) is 4. The van der Waals surface area contributed by atoms with E-state index < -0.39 is 10.0 Å². The van der Waals surface area contributed by atoms with E-state index in [0.29, 0.717) is 23.5 Å². The Morgan fingerprint density at radius 2 is 1.64 bits per heavy atom. The first-order valence-corrected chi connectivity index (χ1v) is 8.82. The van der Waals surface area contributed by atoms with Gasteiger partial charge in [-0.25, -0.2) is 8.42 Å². The molecule has 6 heteroatoms. The second-order valence-corrected chi connectivity index (χ2v) is 6.67. The lowest BCUT2D eigenvalue weighted by molar-refractivity contribution is 0.598. The monoisotopic (exact) mass is 317 g/mol. The molecule has 0 fully saturated rings. The number of sulfonamides is 1. The zero-order chi connectivity index (χ0) is 15.8. The lowest BCUT2D eigenvalue weighted by Crippen LogP contribution is -2.16. The maximum Gasteiger partial charge on any atom is 0.232 e. The Labute approximate surface area is 131 Å². The Kier molecular flexibility index (Phi) is 5.66. The van der Waals surface area contributed by atoms with Crippen molar-refractivity contribution in [3.8, 4) is 0 Å².